The van der Waals surface area contributed by atoms with Crippen molar-refractivity contribution in [3.8, 4) is 28.5 Å². The molecule has 30 heavy (non-hydrogen) atoms. The quantitative estimate of drug-likeness (QED) is 0.426. The molecule has 0 saturated heterocycles. The van der Waals surface area contributed by atoms with Crippen molar-refractivity contribution in [2.45, 2.75) is 20.1 Å². The second-order valence-corrected chi connectivity index (χ2v) is 6.41. The van der Waals surface area contributed by atoms with Crippen molar-refractivity contribution < 1.29 is 18.8 Å². The van der Waals surface area contributed by atoms with Gasteiger partial charge in [-0.15, -0.1) is 10.2 Å². The summed E-state index contributed by atoms with van der Waals surface area (Å²) in [6, 6.07) is 14.9. The molecule has 0 spiro atoms. The average Bonchev–Trinajstić information content (AvgIpc) is 3.43. The summed E-state index contributed by atoms with van der Waals surface area (Å²) in [4.78, 5) is 17.5. The number of ether oxygens (including phenoxy) is 2. The van der Waals surface area contributed by atoms with Gasteiger partial charge in [-0.25, -0.2) is 4.79 Å². The number of esters is 1. The van der Waals surface area contributed by atoms with Gasteiger partial charge in [0.05, 0.1) is 7.11 Å². The molecule has 0 N–H and O–H groups in total. The normalized spacial score (nSPS) is 10.7. The van der Waals surface area contributed by atoms with Crippen LogP contribution in [0.3, 0.4) is 0 Å². The molecule has 0 amide bonds. The van der Waals surface area contributed by atoms with Gasteiger partial charge in [0.25, 0.3) is 5.89 Å². The van der Waals surface area contributed by atoms with Crippen molar-refractivity contribution in [3.05, 3.63) is 60.0 Å². The maximum Gasteiger partial charge on any atom is 0.330 e. The van der Waals surface area contributed by atoms with Crippen molar-refractivity contribution in [3.63, 3.8) is 0 Å². The molecule has 4 aromatic rings. The Bertz CT molecular complexity index is 1150. The van der Waals surface area contributed by atoms with Gasteiger partial charge in [0.15, 0.2) is 13.2 Å². The van der Waals surface area contributed by atoms with Crippen molar-refractivity contribution in [2.24, 2.45) is 0 Å². The SMILES string of the molecule is COc1cccc(-c2noc(COC(=O)Cn3nnc(-c4ccc(C)cc4)n3)n2)c1. The second kappa shape index (κ2) is 8.52. The second-order valence-electron chi connectivity index (χ2n) is 6.41. The third kappa shape index (κ3) is 4.49. The summed E-state index contributed by atoms with van der Waals surface area (Å²) in [7, 11) is 1.58. The predicted molar refractivity (Wildman–Crippen MR) is 104 cm³/mol. The van der Waals surface area contributed by atoms with Crippen LogP contribution in [0.2, 0.25) is 0 Å². The molecule has 0 unspecified atom stereocenters. The average molecular weight is 406 g/mol. The fourth-order valence-electron chi connectivity index (χ4n) is 2.62. The highest BCUT2D eigenvalue weighted by atomic mass is 16.6. The Morgan fingerprint density at radius 2 is 1.93 bits per heavy atom. The lowest BCUT2D eigenvalue weighted by molar-refractivity contribution is -0.147. The topological polar surface area (TPSA) is 118 Å². The van der Waals surface area contributed by atoms with E-state index < -0.39 is 5.97 Å². The van der Waals surface area contributed by atoms with Gasteiger partial charge in [0.1, 0.15) is 5.75 Å². The Labute approximate surface area is 171 Å². The zero-order valence-corrected chi connectivity index (χ0v) is 16.3. The summed E-state index contributed by atoms with van der Waals surface area (Å²) in [5.74, 6) is 1.11. The largest absolute Gasteiger partial charge is 0.497 e. The number of nitrogens with zero attached hydrogens (tertiary/aromatic N) is 6. The highest BCUT2D eigenvalue weighted by Crippen LogP contribution is 2.21. The van der Waals surface area contributed by atoms with E-state index in [4.69, 9.17) is 14.0 Å². The van der Waals surface area contributed by atoms with E-state index in [2.05, 4.69) is 25.6 Å². The summed E-state index contributed by atoms with van der Waals surface area (Å²) < 4.78 is 15.5. The molecule has 10 heteroatoms. The molecule has 4 rings (SSSR count). The van der Waals surface area contributed by atoms with Gasteiger partial charge < -0.3 is 14.0 Å². The molecule has 10 nitrogen and oxygen atoms in total. The van der Waals surface area contributed by atoms with Gasteiger partial charge >= 0.3 is 5.97 Å². The molecule has 0 radical (unpaired) electrons. The third-order valence-corrected chi connectivity index (χ3v) is 4.19. The molecule has 2 aromatic carbocycles. The summed E-state index contributed by atoms with van der Waals surface area (Å²) >= 11 is 0. The molecule has 0 aliphatic heterocycles. The van der Waals surface area contributed by atoms with Crippen LogP contribution < -0.4 is 4.74 Å². The van der Waals surface area contributed by atoms with E-state index in [1.165, 1.54) is 4.80 Å². The smallest absolute Gasteiger partial charge is 0.330 e. The Morgan fingerprint density at radius 1 is 1.10 bits per heavy atom. The van der Waals surface area contributed by atoms with Crippen molar-refractivity contribution in [2.75, 3.05) is 7.11 Å². The molecule has 0 fully saturated rings. The van der Waals surface area contributed by atoms with Gasteiger partial charge in [-0.3, -0.25) is 0 Å². The summed E-state index contributed by atoms with van der Waals surface area (Å²) in [6.45, 7) is 1.65. The van der Waals surface area contributed by atoms with Gasteiger partial charge in [-0.1, -0.05) is 47.1 Å². The number of benzene rings is 2. The Kier molecular flexibility index (Phi) is 5.46. The standard InChI is InChI=1S/C20H18N6O4/c1-13-6-8-14(9-7-13)20-22-25-26(23-20)11-18(27)29-12-17-21-19(24-30-17)15-4-3-5-16(10-15)28-2/h3-10H,11-12H2,1-2H3. The van der Waals surface area contributed by atoms with Crippen molar-refractivity contribution >= 4 is 5.97 Å². The van der Waals surface area contributed by atoms with E-state index in [0.717, 1.165) is 16.7 Å². The van der Waals surface area contributed by atoms with Crippen LogP contribution in [-0.2, 0) is 22.7 Å². The molecule has 0 bridgehead atoms. The monoisotopic (exact) mass is 406 g/mol. The van der Waals surface area contributed by atoms with Crippen LogP contribution in [0.5, 0.6) is 5.75 Å². The first-order valence-corrected chi connectivity index (χ1v) is 9.08. The first kappa shape index (κ1) is 19.2. The predicted octanol–water partition coefficient (Wildman–Crippen LogP) is 2.45. The van der Waals surface area contributed by atoms with E-state index in [1.54, 1.807) is 13.2 Å². The lowest BCUT2D eigenvalue weighted by Gasteiger charge is -2.01. The van der Waals surface area contributed by atoms with Gasteiger partial charge in [0, 0.05) is 11.1 Å². The van der Waals surface area contributed by atoms with Crippen LogP contribution in [0, 0.1) is 6.92 Å². The molecule has 2 heterocycles. The highest BCUT2D eigenvalue weighted by Gasteiger charge is 2.14. The number of rotatable bonds is 7. The first-order chi connectivity index (χ1) is 14.6. The van der Waals surface area contributed by atoms with Crippen molar-refractivity contribution in [1.82, 2.24) is 30.3 Å². The van der Waals surface area contributed by atoms with Crippen LogP contribution >= 0.6 is 0 Å². The Morgan fingerprint density at radius 3 is 2.73 bits per heavy atom. The zero-order chi connectivity index (χ0) is 20.9. The molecule has 2 aromatic heterocycles. The van der Waals surface area contributed by atoms with E-state index >= 15 is 0 Å². The molecule has 0 saturated carbocycles. The fourth-order valence-corrected chi connectivity index (χ4v) is 2.62. The minimum atomic E-state index is -0.552. The first-order valence-electron chi connectivity index (χ1n) is 9.08. The molecule has 152 valence electrons. The fraction of sp³-hybridized carbons (Fsp3) is 0.200. The number of carbonyl (C=O) groups is 1. The van der Waals surface area contributed by atoms with E-state index in [1.807, 2.05) is 49.4 Å². The van der Waals surface area contributed by atoms with Crippen LogP contribution in [-0.4, -0.2) is 43.4 Å². The lowest BCUT2D eigenvalue weighted by Crippen LogP contribution is -2.15. The van der Waals surface area contributed by atoms with Gasteiger partial charge in [-0.05, 0) is 24.3 Å². The molecule has 0 atom stereocenters. The number of aromatic nitrogens is 6. The van der Waals surface area contributed by atoms with Crippen LogP contribution in [0.25, 0.3) is 22.8 Å². The van der Waals surface area contributed by atoms with Crippen LogP contribution in [0.4, 0.5) is 0 Å². The Hall–Kier alpha value is -4.08. The number of tetrazole rings is 1. The maximum absolute atomic E-state index is 12.1. The maximum atomic E-state index is 12.1. The van der Waals surface area contributed by atoms with E-state index in [-0.39, 0.29) is 19.0 Å². The number of carbonyl (C=O) groups excluding carboxylic acids is 1. The number of methoxy groups -OCH3 is 1. The Balaban J connectivity index is 1.33. The minimum absolute atomic E-state index is 0.157. The minimum Gasteiger partial charge on any atom is -0.497 e. The summed E-state index contributed by atoms with van der Waals surface area (Å²) in [6.07, 6.45) is 0. The van der Waals surface area contributed by atoms with Crippen molar-refractivity contribution in [1.29, 1.82) is 0 Å². The lowest BCUT2D eigenvalue weighted by atomic mass is 10.1. The summed E-state index contributed by atoms with van der Waals surface area (Å²) in [5.41, 5.74) is 2.67. The summed E-state index contributed by atoms with van der Waals surface area (Å²) in [5, 5.41) is 15.9. The number of hydrogen-bond donors (Lipinski definition) is 0. The van der Waals surface area contributed by atoms with E-state index in [0.29, 0.717) is 17.4 Å². The third-order valence-electron chi connectivity index (χ3n) is 4.19. The molecular weight excluding hydrogens is 388 g/mol. The van der Waals surface area contributed by atoms with Crippen LogP contribution in [0.15, 0.2) is 53.1 Å². The van der Waals surface area contributed by atoms with Crippen LogP contribution in [0.1, 0.15) is 11.5 Å². The van der Waals surface area contributed by atoms with Gasteiger partial charge in [0.2, 0.25) is 11.6 Å². The number of hydrogen-bond acceptors (Lipinski definition) is 9. The van der Waals surface area contributed by atoms with Gasteiger partial charge in [-0.2, -0.15) is 9.78 Å². The molecule has 0 aliphatic rings. The molecule has 0 aliphatic carbocycles. The van der Waals surface area contributed by atoms with E-state index in [9.17, 15) is 4.79 Å². The molecular formula is C20H18N6O4. The zero-order valence-electron chi connectivity index (χ0n) is 16.3. The highest BCUT2D eigenvalue weighted by molar-refractivity contribution is 5.69. The number of aryl methyl sites for hydroxylation is 1.